The largest absolute Gasteiger partial charge is 0.396 e. The van der Waals surface area contributed by atoms with E-state index in [4.69, 9.17) is 5.73 Å². The van der Waals surface area contributed by atoms with E-state index in [1.165, 1.54) is 25.5 Å². The van der Waals surface area contributed by atoms with Gasteiger partial charge in [0.05, 0.1) is 16.3 Å². The predicted molar refractivity (Wildman–Crippen MR) is 79.0 cm³/mol. The van der Waals surface area contributed by atoms with Crippen molar-refractivity contribution in [3.8, 4) is 0 Å². The molecule has 1 saturated carbocycles. The number of para-hydroxylation sites is 1. The number of hydrogen-bond acceptors (Lipinski definition) is 4. The van der Waals surface area contributed by atoms with E-state index in [-0.39, 0.29) is 4.90 Å². The summed E-state index contributed by atoms with van der Waals surface area (Å²) in [5.41, 5.74) is 7.38. The minimum absolute atomic E-state index is 0.205. The normalized spacial score (nSPS) is 17.8. The highest BCUT2D eigenvalue weighted by atomic mass is 32.2. The lowest BCUT2D eigenvalue weighted by molar-refractivity contribution is 0.145. The van der Waals surface area contributed by atoms with Gasteiger partial charge in [0.2, 0.25) is 0 Å². The number of benzene rings is 1. The van der Waals surface area contributed by atoms with Crippen molar-refractivity contribution in [2.75, 3.05) is 23.9 Å². The Kier molecular flexibility index (Phi) is 3.76. The highest BCUT2D eigenvalue weighted by Gasteiger charge is 2.34. The van der Waals surface area contributed by atoms with Gasteiger partial charge in [-0.25, -0.2) is 8.42 Å². The van der Waals surface area contributed by atoms with E-state index in [1.807, 2.05) is 6.07 Å². The molecule has 5 heteroatoms. The summed E-state index contributed by atoms with van der Waals surface area (Å²) in [6.07, 6.45) is 6.09. The van der Waals surface area contributed by atoms with Crippen LogP contribution in [0.5, 0.6) is 0 Å². The Morgan fingerprint density at radius 3 is 2.53 bits per heavy atom. The lowest BCUT2D eigenvalue weighted by atomic mass is 9.67. The molecule has 19 heavy (non-hydrogen) atoms. The maximum Gasteiger partial charge on any atom is 0.177 e. The van der Waals surface area contributed by atoms with E-state index in [1.54, 1.807) is 12.1 Å². The fourth-order valence-corrected chi connectivity index (χ4v) is 3.47. The average Bonchev–Trinajstić information content (AvgIpc) is 2.28. The summed E-state index contributed by atoms with van der Waals surface area (Å²) < 4.78 is 23.2. The Morgan fingerprint density at radius 1 is 1.37 bits per heavy atom. The Hall–Kier alpha value is -1.23. The van der Waals surface area contributed by atoms with E-state index >= 15 is 0 Å². The van der Waals surface area contributed by atoms with Gasteiger partial charge in [0.15, 0.2) is 9.84 Å². The first-order valence-electron chi connectivity index (χ1n) is 6.70. The predicted octanol–water partition coefficient (Wildman–Crippen LogP) is 2.66. The van der Waals surface area contributed by atoms with Crippen molar-refractivity contribution in [2.45, 2.75) is 37.5 Å². The summed E-state index contributed by atoms with van der Waals surface area (Å²) in [4.78, 5) is 0.205. The van der Waals surface area contributed by atoms with Crippen LogP contribution in [0.1, 0.15) is 32.6 Å². The fourth-order valence-electron chi connectivity index (χ4n) is 2.64. The second-order valence-electron chi connectivity index (χ2n) is 5.55. The monoisotopic (exact) mass is 282 g/mol. The molecule has 1 aromatic carbocycles. The number of nitrogen functional groups attached to an aromatic ring is 1. The van der Waals surface area contributed by atoms with Crippen LogP contribution in [0, 0.1) is 5.41 Å². The van der Waals surface area contributed by atoms with Crippen LogP contribution >= 0.6 is 0 Å². The van der Waals surface area contributed by atoms with Crippen molar-refractivity contribution in [1.82, 2.24) is 0 Å². The molecule has 1 aromatic rings. The molecule has 2 rings (SSSR count). The summed E-state index contributed by atoms with van der Waals surface area (Å²) >= 11 is 0. The first-order chi connectivity index (χ1) is 8.88. The van der Waals surface area contributed by atoms with Gasteiger partial charge in [-0.05, 0) is 36.8 Å². The molecule has 0 unspecified atom stereocenters. The standard InChI is InChI=1S/C14H22N2O2S/c1-3-14(8-5-9-14)10-16-11-6-4-7-12(13(11)15)19(2,17)18/h4,6-7,16H,3,5,8-10,15H2,1-2H3. The smallest absolute Gasteiger partial charge is 0.177 e. The second kappa shape index (κ2) is 5.04. The molecule has 0 amide bonds. The molecule has 4 nitrogen and oxygen atoms in total. The van der Waals surface area contributed by atoms with Crippen molar-refractivity contribution in [1.29, 1.82) is 0 Å². The fraction of sp³-hybridized carbons (Fsp3) is 0.571. The lowest BCUT2D eigenvalue weighted by Crippen LogP contribution is -2.36. The van der Waals surface area contributed by atoms with Crippen LogP contribution in [0.4, 0.5) is 11.4 Å². The van der Waals surface area contributed by atoms with Gasteiger partial charge in [0, 0.05) is 12.8 Å². The van der Waals surface area contributed by atoms with Crippen molar-refractivity contribution >= 4 is 21.2 Å². The summed E-state index contributed by atoms with van der Waals surface area (Å²) in [6.45, 7) is 3.07. The molecule has 1 aliphatic carbocycles. The molecule has 1 fully saturated rings. The Bertz CT molecular complexity index is 557. The molecule has 0 saturated heterocycles. The molecule has 106 valence electrons. The van der Waals surface area contributed by atoms with Crippen molar-refractivity contribution in [3.63, 3.8) is 0 Å². The van der Waals surface area contributed by atoms with E-state index in [0.717, 1.165) is 18.7 Å². The number of nitrogens with two attached hydrogens (primary N) is 1. The number of anilines is 2. The van der Waals surface area contributed by atoms with Gasteiger partial charge in [0.25, 0.3) is 0 Å². The number of rotatable bonds is 5. The third kappa shape index (κ3) is 2.86. The highest BCUT2D eigenvalue weighted by molar-refractivity contribution is 7.90. The highest BCUT2D eigenvalue weighted by Crippen LogP contribution is 2.44. The quantitative estimate of drug-likeness (QED) is 0.814. The number of nitrogens with one attached hydrogen (secondary N) is 1. The van der Waals surface area contributed by atoms with Gasteiger partial charge in [0.1, 0.15) is 0 Å². The average molecular weight is 282 g/mol. The molecule has 0 aliphatic heterocycles. The van der Waals surface area contributed by atoms with E-state index < -0.39 is 9.84 Å². The van der Waals surface area contributed by atoms with E-state index in [2.05, 4.69) is 12.2 Å². The van der Waals surface area contributed by atoms with Crippen molar-refractivity contribution in [3.05, 3.63) is 18.2 Å². The molecule has 0 bridgehead atoms. The minimum Gasteiger partial charge on any atom is -0.396 e. The summed E-state index contributed by atoms with van der Waals surface area (Å²) in [5.74, 6) is 0. The minimum atomic E-state index is -3.27. The van der Waals surface area contributed by atoms with Crippen LogP contribution in [-0.4, -0.2) is 21.2 Å². The zero-order valence-electron chi connectivity index (χ0n) is 11.6. The van der Waals surface area contributed by atoms with Crippen LogP contribution in [0.25, 0.3) is 0 Å². The van der Waals surface area contributed by atoms with Gasteiger partial charge in [-0.2, -0.15) is 0 Å². The third-order valence-electron chi connectivity index (χ3n) is 4.28. The second-order valence-corrected chi connectivity index (χ2v) is 7.53. The van der Waals surface area contributed by atoms with Crippen molar-refractivity contribution in [2.24, 2.45) is 5.41 Å². The lowest BCUT2D eigenvalue weighted by Gasteiger charge is -2.41. The molecule has 0 atom stereocenters. The summed E-state index contributed by atoms with van der Waals surface area (Å²) in [6, 6.07) is 5.12. The Labute approximate surface area is 115 Å². The molecule has 0 spiro atoms. The molecule has 0 aromatic heterocycles. The van der Waals surface area contributed by atoms with Crippen molar-refractivity contribution < 1.29 is 8.42 Å². The Morgan fingerprint density at radius 2 is 2.05 bits per heavy atom. The van der Waals surface area contributed by atoms with Gasteiger partial charge < -0.3 is 11.1 Å². The SMILES string of the molecule is CCC1(CNc2cccc(S(C)(=O)=O)c2N)CCC1. The number of sulfone groups is 1. The van der Waals surface area contributed by atoms with Crippen LogP contribution < -0.4 is 11.1 Å². The van der Waals surface area contributed by atoms with Gasteiger partial charge in [-0.1, -0.05) is 19.4 Å². The first kappa shape index (κ1) is 14.2. The molecular weight excluding hydrogens is 260 g/mol. The molecule has 0 radical (unpaired) electrons. The molecule has 1 aliphatic rings. The molecular formula is C14H22N2O2S. The maximum absolute atomic E-state index is 11.6. The van der Waals surface area contributed by atoms with Gasteiger partial charge >= 0.3 is 0 Å². The zero-order chi connectivity index (χ0) is 14.1. The van der Waals surface area contributed by atoms with Crippen LogP contribution in [0.2, 0.25) is 0 Å². The van der Waals surface area contributed by atoms with E-state index in [9.17, 15) is 8.42 Å². The van der Waals surface area contributed by atoms with Crippen LogP contribution in [0.15, 0.2) is 23.1 Å². The molecule has 3 N–H and O–H groups in total. The van der Waals surface area contributed by atoms with E-state index in [0.29, 0.717) is 11.1 Å². The van der Waals surface area contributed by atoms with Crippen LogP contribution in [0.3, 0.4) is 0 Å². The Balaban J connectivity index is 2.18. The summed E-state index contributed by atoms with van der Waals surface area (Å²) in [7, 11) is -3.27. The first-order valence-corrected chi connectivity index (χ1v) is 8.59. The summed E-state index contributed by atoms with van der Waals surface area (Å²) in [5, 5.41) is 3.33. The number of hydrogen-bond donors (Lipinski definition) is 2. The topological polar surface area (TPSA) is 72.2 Å². The molecule has 0 heterocycles. The third-order valence-corrected chi connectivity index (χ3v) is 5.44. The van der Waals surface area contributed by atoms with Gasteiger partial charge in [-0.15, -0.1) is 0 Å². The zero-order valence-corrected chi connectivity index (χ0v) is 12.4. The van der Waals surface area contributed by atoms with Crippen LogP contribution in [-0.2, 0) is 9.84 Å². The maximum atomic E-state index is 11.6. The van der Waals surface area contributed by atoms with Gasteiger partial charge in [-0.3, -0.25) is 0 Å².